The Balaban J connectivity index is 2.13. The van der Waals surface area contributed by atoms with E-state index in [0.29, 0.717) is 6.42 Å². The third-order valence-electron chi connectivity index (χ3n) is 3.40. The van der Waals surface area contributed by atoms with Gasteiger partial charge in [-0.05, 0) is 53.6 Å². The molecule has 2 N–H and O–H groups in total. The molecule has 1 heterocycles. The van der Waals surface area contributed by atoms with Crippen LogP contribution in [0.25, 0.3) is 0 Å². The smallest absolute Gasteiger partial charge is 0.221 e. The molecule has 1 aliphatic heterocycles. The minimum Gasteiger partial charge on any atom is -0.352 e. The van der Waals surface area contributed by atoms with Gasteiger partial charge in [0.2, 0.25) is 5.91 Å². The minimum absolute atomic E-state index is 0.0830. The fourth-order valence-electron chi connectivity index (χ4n) is 2.47. The van der Waals surface area contributed by atoms with Crippen LogP contribution in [-0.2, 0) is 4.79 Å². The standard InChI is InChI=1S/C15H31N3O/c1-13(12-18-10-6-5-7-11-18)17-14(19)8-9-16-15(2,3)4/h13,16H,5-12H2,1-4H3,(H,17,19). The molecular weight excluding hydrogens is 238 g/mol. The molecule has 4 heteroatoms. The number of amides is 1. The van der Waals surface area contributed by atoms with Gasteiger partial charge in [0, 0.05) is 31.1 Å². The summed E-state index contributed by atoms with van der Waals surface area (Å²) in [5.74, 6) is 0.154. The highest BCUT2D eigenvalue weighted by molar-refractivity contribution is 5.76. The molecule has 0 aromatic heterocycles. The Hall–Kier alpha value is -0.610. The molecule has 1 unspecified atom stereocenters. The summed E-state index contributed by atoms with van der Waals surface area (Å²) in [6.07, 6.45) is 4.52. The third kappa shape index (κ3) is 8.22. The van der Waals surface area contributed by atoms with E-state index < -0.39 is 0 Å². The van der Waals surface area contributed by atoms with Gasteiger partial charge >= 0.3 is 0 Å². The third-order valence-corrected chi connectivity index (χ3v) is 3.40. The summed E-state index contributed by atoms with van der Waals surface area (Å²) in [4.78, 5) is 14.3. The first-order valence-corrected chi connectivity index (χ1v) is 7.63. The largest absolute Gasteiger partial charge is 0.352 e. The lowest BCUT2D eigenvalue weighted by atomic mass is 10.1. The van der Waals surface area contributed by atoms with Crippen LogP contribution >= 0.6 is 0 Å². The summed E-state index contributed by atoms with van der Waals surface area (Å²) >= 11 is 0. The molecule has 0 aromatic rings. The number of carbonyl (C=O) groups excluding carboxylic acids is 1. The second-order valence-corrected chi connectivity index (χ2v) is 6.76. The van der Waals surface area contributed by atoms with Gasteiger partial charge in [0.15, 0.2) is 0 Å². The van der Waals surface area contributed by atoms with Crippen molar-refractivity contribution in [2.24, 2.45) is 0 Å². The molecule has 4 nitrogen and oxygen atoms in total. The molecule has 1 amide bonds. The van der Waals surface area contributed by atoms with E-state index in [2.05, 4.69) is 43.2 Å². The maximum absolute atomic E-state index is 11.8. The Labute approximate surface area is 118 Å². The lowest BCUT2D eigenvalue weighted by Crippen LogP contribution is -2.45. The topological polar surface area (TPSA) is 44.4 Å². The molecule has 0 aliphatic carbocycles. The average Bonchev–Trinajstić information content (AvgIpc) is 2.28. The molecule has 112 valence electrons. The second kappa shape index (κ2) is 7.85. The predicted molar refractivity (Wildman–Crippen MR) is 80.3 cm³/mol. The van der Waals surface area contributed by atoms with Gasteiger partial charge < -0.3 is 15.5 Å². The zero-order valence-corrected chi connectivity index (χ0v) is 13.1. The van der Waals surface area contributed by atoms with Crippen LogP contribution in [0.5, 0.6) is 0 Å². The SMILES string of the molecule is CC(CN1CCCCC1)NC(=O)CCNC(C)(C)C. The fourth-order valence-corrected chi connectivity index (χ4v) is 2.47. The second-order valence-electron chi connectivity index (χ2n) is 6.76. The first-order valence-electron chi connectivity index (χ1n) is 7.63. The first-order chi connectivity index (χ1) is 8.87. The van der Waals surface area contributed by atoms with Gasteiger partial charge in [-0.2, -0.15) is 0 Å². The van der Waals surface area contributed by atoms with Crippen LogP contribution in [-0.4, -0.2) is 48.6 Å². The molecule has 0 spiro atoms. The van der Waals surface area contributed by atoms with Crippen molar-refractivity contribution in [1.29, 1.82) is 0 Å². The zero-order valence-electron chi connectivity index (χ0n) is 13.1. The van der Waals surface area contributed by atoms with E-state index in [-0.39, 0.29) is 17.5 Å². The van der Waals surface area contributed by atoms with Crippen molar-refractivity contribution in [1.82, 2.24) is 15.5 Å². The minimum atomic E-state index is 0.0830. The number of carbonyl (C=O) groups is 1. The number of nitrogens with zero attached hydrogens (tertiary/aromatic N) is 1. The number of piperidine rings is 1. The number of rotatable bonds is 6. The first kappa shape index (κ1) is 16.4. The fraction of sp³-hybridized carbons (Fsp3) is 0.933. The van der Waals surface area contributed by atoms with Crippen molar-refractivity contribution >= 4 is 5.91 Å². The van der Waals surface area contributed by atoms with Crippen LogP contribution in [0.2, 0.25) is 0 Å². The highest BCUT2D eigenvalue weighted by atomic mass is 16.1. The van der Waals surface area contributed by atoms with E-state index in [1.807, 2.05) is 0 Å². The van der Waals surface area contributed by atoms with E-state index in [0.717, 1.165) is 13.1 Å². The van der Waals surface area contributed by atoms with Crippen LogP contribution in [0.3, 0.4) is 0 Å². The molecule has 1 fully saturated rings. The van der Waals surface area contributed by atoms with Gasteiger partial charge in [0.1, 0.15) is 0 Å². The molecule has 0 aromatic carbocycles. The quantitative estimate of drug-likeness (QED) is 0.772. The molecule has 1 saturated heterocycles. The van der Waals surface area contributed by atoms with Crippen LogP contribution < -0.4 is 10.6 Å². The average molecular weight is 269 g/mol. The lowest BCUT2D eigenvalue weighted by Gasteiger charge is -2.29. The molecule has 1 rings (SSSR count). The van der Waals surface area contributed by atoms with Gasteiger partial charge in [-0.1, -0.05) is 6.42 Å². The molecule has 0 saturated carbocycles. The summed E-state index contributed by atoms with van der Waals surface area (Å²) < 4.78 is 0. The Morgan fingerprint density at radius 2 is 1.84 bits per heavy atom. The van der Waals surface area contributed by atoms with E-state index >= 15 is 0 Å². The number of hydrogen-bond acceptors (Lipinski definition) is 3. The Morgan fingerprint density at radius 3 is 2.42 bits per heavy atom. The van der Waals surface area contributed by atoms with Crippen molar-refractivity contribution in [3.05, 3.63) is 0 Å². The van der Waals surface area contributed by atoms with Crippen molar-refractivity contribution in [3.63, 3.8) is 0 Å². The van der Waals surface area contributed by atoms with Gasteiger partial charge in [0.25, 0.3) is 0 Å². The van der Waals surface area contributed by atoms with Crippen LogP contribution in [0, 0.1) is 0 Å². The zero-order chi connectivity index (χ0) is 14.3. The van der Waals surface area contributed by atoms with Gasteiger partial charge in [-0.15, -0.1) is 0 Å². The van der Waals surface area contributed by atoms with Gasteiger partial charge in [-0.25, -0.2) is 0 Å². The van der Waals surface area contributed by atoms with Crippen LogP contribution in [0.1, 0.15) is 53.4 Å². The molecule has 0 radical (unpaired) electrons. The van der Waals surface area contributed by atoms with Crippen LogP contribution in [0.4, 0.5) is 0 Å². The van der Waals surface area contributed by atoms with Crippen LogP contribution in [0.15, 0.2) is 0 Å². The number of nitrogens with one attached hydrogen (secondary N) is 2. The predicted octanol–water partition coefficient (Wildman–Crippen LogP) is 1.76. The summed E-state index contributed by atoms with van der Waals surface area (Å²) in [5.41, 5.74) is 0.0830. The highest BCUT2D eigenvalue weighted by Crippen LogP contribution is 2.08. The molecule has 0 bridgehead atoms. The number of hydrogen-bond donors (Lipinski definition) is 2. The molecule has 1 atom stereocenters. The van der Waals surface area contributed by atoms with E-state index in [1.54, 1.807) is 0 Å². The summed E-state index contributed by atoms with van der Waals surface area (Å²) in [7, 11) is 0. The molecule has 1 aliphatic rings. The maximum Gasteiger partial charge on any atom is 0.221 e. The maximum atomic E-state index is 11.8. The lowest BCUT2D eigenvalue weighted by molar-refractivity contribution is -0.121. The summed E-state index contributed by atoms with van der Waals surface area (Å²) in [6.45, 7) is 12.5. The van der Waals surface area contributed by atoms with Gasteiger partial charge in [0.05, 0.1) is 0 Å². The summed E-state index contributed by atoms with van der Waals surface area (Å²) in [6, 6.07) is 0.250. The highest BCUT2D eigenvalue weighted by Gasteiger charge is 2.15. The van der Waals surface area contributed by atoms with Crippen molar-refractivity contribution < 1.29 is 4.79 Å². The van der Waals surface area contributed by atoms with E-state index in [4.69, 9.17) is 0 Å². The monoisotopic (exact) mass is 269 g/mol. The number of likely N-dealkylation sites (tertiary alicyclic amines) is 1. The van der Waals surface area contributed by atoms with Gasteiger partial charge in [-0.3, -0.25) is 4.79 Å². The summed E-state index contributed by atoms with van der Waals surface area (Å²) in [5, 5.41) is 6.43. The van der Waals surface area contributed by atoms with Crippen molar-refractivity contribution in [3.8, 4) is 0 Å². The molecular formula is C15H31N3O. The molecule has 19 heavy (non-hydrogen) atoms. The Morgan fingerprint density at radius 1 is 1.21 bits per heavy atom. The van der Waals surface area contributed by atoms with Crippen molar-refractivity contribution in [2.75, 3.05) is 26.2 Å². The Bertz CT molecular complexity index is 267. The van der Waals surface area contributed by atoms with Crippen molar-refractivity contribution in [2.45, 2.75) is 65.0 Å². The Kier molecular flexibility index (Phi) is 6.80. The van der Waals surface area contributed by atoms with E-state index in [1.165, 1.54) is 32.4 Å². The normalized spacial score (nSPS) is 19.2. The van der Waals surface area contributed by atoms with E-state index in [9.17, 15) is 4.79 Å².